The van der Waals surface area contributed by atoms with E-state index in [1.165, 1.54) is 6.92 Å². The molecule has 24 heavy (non-hydrogen) atoms. The Kier molecular flexibility index (Phi) is 4.81. The highest BCUT2D eigenvalue weighted by atomic mass is 16.2. The molecule has 0 aromatic heterocycles. The predicted molar refractivity (Wildman–Crippen MR) is 94.2 cm³/mol. The summed E-state index contributed by atoms with van der Waals surface area (Å²) < 4.78 is 0. The van der Waals surface area contributed by atoms with E-state index in [0.29, 0.717) is 26.1 Å². The van der Waals surface area contributed by atoms with E-state index >= 15 is 0 Å². The molecule has 0 saturated carbocycles. The van der Waals surface area contributed by atoms with Gasteiger partial charge in [0, 0.05) is 26.6 Å². The summed E-state index contributed by atoms with van der Waals surface area (Å²) in [6.45, 7) is 3.03. The van der Waals surface area contributed by atoms with E-state index in [-0.39, 0.29) is 23.8 Å². The molecular weight excluding hydrogens is 302 g/mol. The van der Waals surface area contributed by atoms with Crippen molar-refractivity contribution in [3.05, 3.63) is 48.0 Å². The van der Waals surface area contributed by atoms with E-state index in [1.807, 2.05) is 24.3 Å². The SMILES string of the molecule is CC(=O)N1CCC(C(=O)NC(CN)c2ccc3ccccc3c2)C1. The highest BCUT2D eigenvalue weighted by Crippen LogP contribution is 2.22. The molecule has 3 rings (SSSR count). The second-order valence-corrected chi connectivity index (χ2v) is 6.35. The fourth-order valence-corrected chi connectivity index (χ4v) is 3.25. The van der Waals surface area contributed by atoms with Crippen LogP contribution in [-0.2, 0) is 9.59 Å². The van der Waals surface area contributed by atoms with Crippen molar-refractivity contribution in [2.45, 2.75) is 19.4 Å². The zero-order valence-electron chi connectivity index (χ0n) is 13.9. The van der Waals surface area contributed by atoms with Crippen LogP contribution in [0.4, 0.5) is 0 Å². The van der Waals surface area contributed by atoms with Crippen LogP contribution in [-0.4, -0.2) is 36.3 Å². The fourth-order valence-electron chi connectivity index (χ4n) is 3.25. The van der Waals surface area contributed by atoms with Crippen LogP contribution in [0.2, 0.25) is 0 Å². The van der Waals surface area contributed by atoms with Gasteiger partial charge in [0.2, 0.25) is 11.8 Å². The minimum Gasteiger partial charge on any atom is -0.348 e. The maximum Gasteiger partial charge on any atom is 0.225 e. The van der Waals surface area contributed by atoms with Crippen LogP contribution >= 0.6 is 0 Å². The number of rotatable bonds is 4. The Morgan fingerprint density at radius 2 is 2.00 bits per heavy atom. The quantitative estimate of drug-likeness (QED) is 0.900. The van der Waals surface area contributed by atoms with Crippen LogP contribution in [0.5, 0.6) is 0 Å². The molecule has 2 aromatic rings. The molecule has 2 amide bonds. The average Bonchev–Trinajstić information content (AvgIpc) is 3.09. The van der Waals surface area contributed by atoms with Gasteiger partial charge in [0.1, 0.15) is 0 Å². The van der Waals surface area contributed by atoms with Gasteiger partial charge in [-0.05, 0) is 28.8 Å². The van der Waals surface area contributed by atoms with Crippen LogP contribution in [0.3, 0.4) is 0 Å². The molecule has 2 aromatic carbocycles. The highest BCUT2D eigenvalue weighted by molar-refractivity contribution is 5.84. The third-order valence-corrected chi connectivity index (χ3v) is 4.73. The number of nitrogens with zero attached hydrogens (tertiary/aromatic N) is 1. The largest absolute Gasteiger partial charge is 0.348 e. The van der Waals surface area contributed by atoms with Crippen molar-refractivity contribution in [1.82, 2.24) is 10.2 Å². The van der Waals surface area contributed by atoms with E-state index in [0.717, 1.165) is 16.3 Å². The zero-order chi connectivity index (χ0) is 17.1. The summed E-state index contributed by atoms with van der Waals surface area (Å²) >= 11 is 0. The molecule has 2 unspecified atom stereocenters. The number of nitrogens with one attached hydrogen (secondary N) is 1. The molecule has 1 heterocycles. The average molecular weight is 325 g/mol. The lowest BCUT2D eigenvalue weighted by Crippen LogP contribution is -2.38. The third kappa shape index (κ3) is 3.41. The van der Waals surface area contributed by atoms with Crippen molar-refractivity contribution in [3.8, 4) is 0 Å². The minimum absolute atomic E-state index is 0.0233. The minimum atomic E-state index is -0.214. The van der Waals surface area contributed by atoms with E-state index in [1.54, 1.807) is 4.90 Å². The zero-order valence-corrected chi connectivity index (χ0v) is 13.9. The fraction of sp³-hybridized carbons (Fsp3) is 0.368. The number of hydrogen-bond donors (Lipinski definition) is 2. The van der Waals surface area contributed by atoms with Gasteiger partial charge in [0.05, 0.1) is 12.0 Å². The van der Waals surface area contributed by atoms with Gasteiger partial charge in [-0.1, -0.05) is 36.4 Å². The summed E-state index contributed by atoms with van der Waals surface area (Å²) in [5, 5.41) is 5.34. The number of amides is 2. The van der Waals surface area contributed by atoms with Gasteiger partial charge in [-0.2, -0.15) is 0 Å². The van der Waals surface area contributed by atoms with E-state index in [9.17, 15) is 9.59 Å². The lowest BCUT2D eigenvalue weighted by atomic mass is 10.0. The van der Waals surface area contributed by atoms with Crippen molar-refractivity contribution in [2.75, 3.05) is 19.6 Å². The maximum absolute atomic E-state index is 12.5. The van der Waals surface area contributed by atoms with Crippen LogP contribution < -0.4 is 11.1 Å². The van der Waals surface area contributed by atoms with Crippen molar-refractivity contribution >= 4 is 22.6 Å². The van der Waals surface area contributed by atoms with Crippen LogP contribution in [0, 0.1) is 5.92 Å². The number of fused-ring (bicyclic) bond motifs is 1. The Hall–Kier alpha value is -2.40. The summed E-state index contributed by atoms with van der Waals surface area (Å²) in [6, 6.07) is 14.0. The summed E-state index contributed by atoms with van der Waals surface area (Å²) in [4.78, 5) is 25.6. The van der Waals surface area contributed by atoms with Gasteiger partial charge in [0.15, 0.2) is 0 Å². The molecule has 5 heteroatoms. The number of benzene rings is 2. The molecule has 1 aliphatic rings. The number of hydrogen-bond acceptors (Lipinski definition) is 3. The van der Waals surface area contributed by atoms with Gasteiger partial charge < -0.3 is 16.0 Å². The Labute approximate surface area is 141 Å². The Morgan fingerprint density at radius 3 is 2.67 bits per heavy atom. The first-order valence-electron chi connectivity index (χ1n) is 8.33. The normalized spacial score (nSPS) is 18.6. The monoisotopic (exact) mass is 325 g/mol. The van der Waals surface area contributed by atoms with Crippen molar-refractivity contribution in [2.24, 2.45) is 11.7 Å². The molecule has 0 bridgehead atoms. The van der Waals surface area contributed by atoms with Crippen molar-refractivity contribution in [1.29, 1.82) is 0 Å². The number of carbonyl (C=O) groups excluding carboxylic acids is 2. The molecule has 126 valence electrons. The smallest absolute Gasteiger partial charge is 0.225 e. The van der Waals surface area contributed by atoms with E-state index in [2.05, 4.69) is 23.5 Å². The molecule has 2 atom stereocenters. The van der Waals surface area contributed by atoms with Gasteiger partial charge in [-0.3, -0.25) is 9.59 Å². The molecule has 1 saturated heterocycles. The third-order valence-electron chi connectivity index (χ3n) is 4.73. The molecule has 1 fully saturated rings. The van der Waals surface area contributed by atoms with E-state index in [4.69, 9.17) is 5.73 Å². The number of carbonyl (C=O) groups is 2. The predicted octanol–water partition coefficient (Wildman–Crippen LogP) is 1.82. The van der Waals surface area contributed by atoms with Crippen molar-refractivity contribution < 1.29 is 9.59 Å². The Balaban J connectivity index is 1.71. The van der Waals surface area contributed by atoms with Crippen LogP contribution in [0.25, 0.3) is 10.8 Å². The molecule has 0 aliphatic carbocycles. The van der Waals surface area contributed by atoms with Gasteiger partial charge in [0.25, 0.3) is 0 Å². The first-order chi connectivity index (χ1) is 11.6. The van der Waals surface area contributed by atoms with Crippen LogP contribution in [0.15, 0.2) is 42.5 Å². The van der Waals surface area contributed by atoms with Gasteiger partial charge in [-0.15, -0.1) is 0 Å². The maximum atomic E-state index is 12.5. The highest BCUT2D eigenvalue weighted by Gasteiger charge is 2.30. The lowest BCUT2D eigenvalue weighted by molar-refractivity contribution is -0.128. The lowest BCUT2D eigenvalue weighted by Gasteiger charge is -2.20. The van der Waals surface area contributed by atoms with Gasteiger partial charge >= 0.3 is 0 Å². The van der Waals surface area contributed by atoms with Crippen molar-refractivity contribution in [3.63, 3.8) is 0 Å². The number of likely N-dealkylation sites (tertiary alicyclic amines) is 1. The second-order valence-electron chi connectivity index (χ2n) is 6.35. The summed E-state index contributed by atoms with van der Waals surface area (Å²) in [7, 11) is 0. The summed E-state index contributed by atoms with van der Waals surface area (Å²) in [5.41, 5.74) is 6.90. The van der Waals surface area contributed by atoms with Gasteiger partial charge in [-0.25, -0.2) is 0 Å². The number of nitrogens with two attached hydrogens (primary N) is 1. The molecule has 0 spiro atoms. The van der Waals surface area contributed by atoms with Crippen LogP contribution in [0.1, 0.15) is 24.9 Å². The molecule has 0 radical (unpaired) electrons. The summed E-state index contributed by atoms with van der Waals surface area (Å²) in [5.74, 6) is -0.152. The molecule has 3 N–H and O–H groups in total. The first kappa shape index (κ1) is 16.5. The molecule has 1 aliphatic heterocycles. The topological polar surface area (TPSA) is 75.4 Å². The summed E-state index contributed by atoms with van der Waals surface area (Å²) in [6.07, 6.45) is 0.709. The Bertz CT molecular complexity index is 759. The molecular formula is C19H23N3O2. The first-order valence-corrected chi connectivity index (χ1v) is 8.33. The Morgan fingerprint density at radius 1 is 1.25 bits per heavy atom. The molecule has 5 nitrogen and oxygen atoms in total. The second kappa shape index (κ2) is 7.01. The van der Waals surface area contributed by atoms with E-state index < -0.39 is 0 Å². The standard InChI is InChI=1S/C19H23N3O2/c1-13(23)22-9-8-17(12-22)19(24)21-18(11-20)16-7-6-14-4-2-3-5-15(14)10-16/h2-7,10,17-18H,8-9,11-12,20H2,1H3,(H,21,24).